The highest BCUT2D eigenvalue weighted by atomic mass is 16.5. The summed E-state index contributed by atoms with van der Waals surface area (Å²) < 4.78 is 5.59. The lowest BCUT2D eigenvalue weighted by Gasteiger charge is -2.20. The fourth-order valence-corrected chi connectivity index (χ4v) is 1.80. The molecule has 0 aromatic heterocycles. The minimum absolute atomic E-state index is 0.165. The van der Waals surface area contributed by atoms with Gasteiger partial charge in [0.05, 0.1) is 6.61 Å². The molecule has 1 aromatic rings. The van der Waals surface area contributed by atoms with Crippen molar-refractivity contribution in [2.45, 2.75) is 26.3 Å². The van der Waals surface area contributed by atoms with E-state index in [9.17, 15) is 0 Å². The lowest BCUT2D eigenvalue weighted by atomic mass is 10.0. The zero-order valence-corrected chi connectivity index (χ0v) is 10.1. The molecule has 3 nitrogen and oxygen atoms in total. The summed E-state index contributed by atoms with van der Waals surface area (Å²) >= 11 is 0. The molecular formula is C13H21NO2. The molecule has 1 aromatic carbocycles. The van der Waals surface area contributed by atoms with E-state index < -0.39 is 0 Å². The van der Waals surface area contributed by atoms with Crippen LogP contribution >= 0.6 is 0 Å². The summed E-state index contributed by atoms with van der Waals surface area (Å²) in [6.45, 7) is 5.76. The van der Waals surface area contributed by atoms with Crippen molar-refractivity contribution < 1.29 is 9.84 Å². The first-order valence-corrected chi connectivity index (χ1v) is 5.89. The van der Waals surface area contributed by atoms with Gasteiger partial charge in [-0.05, 0) is 26.0 Å². The van der Waals surface area contributed by atoms with E-state index in [4.69, 9.17) is 9.84 Å². The molecule has 0 saturated carbocycles. The Labute approximate surface area is 97.4 Å². The Balaban J connectivity index is 2.87. The summed E-state index contributed by atoms with van der Waals surface area (Å²) in [4.78, 5) is 0. The van der Waals surface area contributed by atoms with Crippen molar-refractivity contribution in [3.05, 3.63) is 29.8 Å². The number of nitrogens with one attached hydrogen (secondary N) is 1. The van der Waals surface area contributed by atoms with E-state index in [0.717, 1.165) is 17.9 Å². The molecule has 1 atom stereocenters. The zero-order valence-electron chi connectivity index (χ0n) is 10.1. The maximum Gasteiger partial charge on any atom is 0.124 e. The quantitative estimate of drug-likeness (QED) is 0.744. The largest absolute Gasteiger partial charge is 0.494 e. The Morgan fingerprint density at radius 1 is 1.31 bits per heavy atom. The smallest absolute Gasteiger partial charge is 0.124 e. The highest BCUT2D eigenvalue weighted by Crippen LogP contribution is 2.26. The number of para-hydroxylation sites is 1. The molecule has 0 radical (unpaired) electrons. The van der Waals surface area contributed by atoms with E-state index in [-0.39, 0.29) is 12.6 Å². The van der Waals surface area contributed by atoms with Crippen LogP contribution in [0.4, 0.5) is 0 Å². The third-order valence-corrected chi connectivity index (χ3v) is 2.46. The zero-order chi connectivity index (χ0) is 11.8. The van der Waals surface area contributed by atoms with Crippen LogP contribution < -0.4 is 10.1 Å². The number of rotatable bonds is 7. The first kappa shape index (κ1) is 13.0. The predicted molar refractivity (Wildman–Crippen MR) is 65.7 cm³/mol. The molecule has 0 heterocycles. The maximum absolute atomic E-state index is 9.06. The molecule has 90 valence electrons. The number of aliphatic hydroxyl groups is 1. The fourth-order valence-electron chi connectivity index (χ4n) is 1.80. The summed E-state index contributed by atoms with van der Waals surface area (Å²) in [5.74, 6) is 0.907. The summed E-state index contributed by atoms with van der Waals surface area (Å²) in [7, 11) is 0. The van der Waals surface area contributed by atoms with Crippen molar-refractivity contribution in [3.8, 4) is 5.75 Å². The molecule has 1 unspecified atom stereocenters. The molecule has 0 spiro atoms. The van der Waals surface area contributed by atoms with E-state index >= 15 is 0 Å². The van der Waals surface area contributed by atoms with Gasteiger partial charge in [-0.15, -0.1) is 0 Å². The minimum Gasteiger partial charge on any atom is -0.494 e. The normalized spacial score (nSPS) is 12.4. The van der Waals surface area contributed by atoms with Gasteiger partial charge in [-0.3, -0.25) is 0 Å². The molecule has 16 heavy (non-hydrogen) atoms. The standard InChI is InChI=1S/C13H21NO2/c1-3-14-12(9-10-15)11-7-5-6-8-13(11)16-4-2/h5-8,12,14-15H,3-4,9-10H2,1-2H3. The van der Waals surface area contributed by atoms with Gasteiger partial charge in [-0.2, -0.15) is 0 Å². The van der Waals surface area contributed by atoms with Gasteiger partial charge in [0.1, 0.15) is 5.75 Å². The molecule has 0 bridgehead atoms. The number of hydrogen-bond acceptors (Lipinski definition) is 3. The van der Waals surface area contributed by atoms with E-state index in [1.165, 1.54) is 0 Å². The average Bonchev–Trinajstić information content (AvgIpc) is 2.30. The summed E-state index contributed by atoms with van der Waals surface area (Å²) in [5, 5.41) is 12.4. The molecule has 0 saturated heterocycles. The van der Waals surface area contributed by atoms with Gasteiger partial charge >= 0.3 is 0 Å². The molecule has 0 aliphatic heterocycles. The Morgan fingerprint density at radius 3 is 2.69 bits per heavy atom. The Kier molecular flexibility index (Phi) is 5.90. The highest BCUT2D eigenvalue weighted by Gasteiger charge is 2.13. The Morgan fingerprint density at radius 2 is 2.06 bits per heavy atom. The van der Waals surface area contributed by atoms with Gasteiger partial charge in [-0.1, -0.05) is 25.1 Å². The predicted octanol–water partition coefficient (Wildman–Crippen LogP) is 2.12. The highest BCUT2D eigenvalue weighted by molar-refractivity contribution is 5.35. The summed E-state index contributed by atoms with van der Waals surface area (Å²) in [5.41, 5.74) is 1.13. The molecule has 0 aliphatic rings. The maximum atomic E-state index is 9.06. The molecule has 2 N–H and O–H groups in total. The van der Waals surface area contributed by atoms with E-state index in [1.54, 1.807) is 0 Å². The van der Waals surface area contributed by atoms with Crippen LogP contribution in [0.15, 0.2) is 24.3 Å². The van der Waals surface area contributed by atoms with Crippen molar-refractivity contribution in [1.29, 1.82) is 0 Å². The minimum atomic E-state index is 0.165. The van der Waals surface area contributed by atoms with Gasteiger partial charge in [0.15, 0.2) is 0 Å². The van der Waals surface area contributed by atoms with Crippen LogP contribution in [0.3, 0.4) is 0 Å². The first-order chi connectivity index (χ1) is 7.83. The molecule has 0 amide bonds. The van der Waals surface area contributed by atoms with E-state index in [0.29, 0.717) is 13.0 Å². The van der Waals surface area contributed by atoms with Crippen LogP contribution in [0, 0.1) is 0 Å². The lowest BCUT2D eigenvalue weighted by molar-refractivity contribution is 0.262. The van der Waals surface area contributed by atoms with Gasteiger partial charge in [0.2, 0.25) is 0 Å². The van der Waals surface area contributed by atoms with E-state index in [1.807, 2.05) is 31.2 Å². The van der Waals surface area contributed by atoms with E-state index in [2.05, 4.69) is 12.2 Å². The molecular weight excluding hydrogens is 202 g/mol. The number of benzene rings is 1. The molecule has 0 fully saturated rings. The van der Waals surface area contributed by atoms with Crippen LogP contribution in [-0.4, -0.2) is 24.9 Å². The molecule has 0 aliphatic carbocycles. The lowest BCUT2D eigenvalue weighted by Crippen LogP contribution is -2.22. The second-order valence-corrected chi connectivity index (χ2v) is 3.59. The van der Waals surface area contributed by atoms with Crippen LogP contribution in [0.5, 0.6) is 5.75 Å². The van der Waals surface area contributed by atoms with Gasteiger partial charge < -0.3 is 15.2 Å². The Bertz CT molecular complexity index is 296. The van der Waals surface area contributed by atoms with Crippen LogP contribution in [0.2, 0.25) is 0 Å². The van der Waals surface area contributed by atoms with Gasteiger partial charge in [-0.25, -0.2) is 0 Å². The van der Waals surface area contributed by atoms with Gasteiger partial charge in [0, 0.05) is 18.2 Å². The summed E-state index contributed by atoms with van der Waals surface area (Å²) in [6.07, 6.45) is 0.706. The SMILES string of the molecule is CCNC(CCO)c1ccccc1OCC. The topological polar surface area (TPSA) is 41.5 Å². The summed E-state index contributed by atoms with van der Waals surface area (Å²) in [6, 6.07) is 8.16. The third-order valence-electron chi connectivity index (χ3n) is 2.46. The second kappa shape index (κ2) is 7.25. The van der Waals surface area contributed by atoms with Crippen LogP contribution in [0.25, 0.3) is 0 Å². The van der Waals surface area contributed by atoms with Crippen LogP contribution in [0.1, 0.15) is 31.9 Å². The van der Waals surface area contributed by atoms with Crippen molar-refractivity contribution >= 4 is 0 Å². The van der Waals surface area contributed by atoms with Gasteiger partial charge in [0.25, 0.3) is 0 Å². The second-order valence-electron chi connectivity index (χ2n) is 3.59. The van der Waals surface area contributed by atoms with Crippen molar-refractivity contribution in [1.82, 2.24) is 5.32 Å². The fraction of sp³-hybridized carbons (Fsp3) is 0.538. The number of hydrogen-bond donors (Lipinski definition) is 2. The Hall–Kier alpha value is -1.06. The molecule has 3 heteroatoms. The average molecular weight is 223 g/mol. The van der Waals surface area contributed by atoms with Crippen LogP contribution in [-0.2, 0) is 0 Å². The third kappa shape index (κ3) is 3.51. The monoisotopic (exact) mass is 223 g/mol. The van der Waals surface area contributed by atoms with Crippen molar-refractivity contribution in [2.75, 3.05) is 19.8 Å². The number of ether oxygens (including phenoxy) is 1. The van der Waals surface area contributed by atoms with Crippen molar-refractivity contribution in [3.63, 3.8) is 0 Å². The first-order valence-electron chi connectivity index (χ1n) is 5.89. The van der Waals surface area contributed by atoms with Crippen molar-refractivity contribution in [2.24, 2.45) is 0 Å². The molecule has 1 rings (SSSR count). The number of aliphatic hydroxyl groups excluding tert-OH is 1.